The Morgan fingerprint density at radius 3 is 2.44 bits per heavy atom. The number of hydrogen-bond donors (Lipinski definition) is 0. The van der Waals surface area contributed by atoms with Gasteiger partial charge < -0.3 is 19.0 Å². The maximum absolute atomic E-state index is 12.7. The minimum Gasteiger partial charge on any atom is -0.495 e. The lowest BCUT2D eigenvalue weighted by Crippen LogP contribution is -2.49. The van der Waals surface area contributed by atoms with E-state index in [0.717, 1.165) is 39.4 Å². The van der Waals surface area contributed by atoms with Crippen LogP contribution in [0.4, 0.5) is 5.82 Å². The quantitative estimate of drug-likeness (QED) is 0.365. The van der Waals surface area contributed by atoms with Crippen molar-refractivity contribution in [2.75, 3.05) is 38.2 Å². The molecule has 0 saturated carbocycles. The predicted molar refractivity (Wildman–Crippen MR) is 138 cm³/mol. The summed E-state index contributed by atoms with van der Waals surface area (Å²) in [6, 6.07) is 21.6. The number of furan rings is 1. The molecule has 180 valence electrons. The van der Waals surface area contributed by atoms with Crippen LogP contribution in [0.2, 0.25) is 0 Å². The van der Waals surface area contributed by atoms with Crippen molar-refractivity contribution < 1.29 is 13.9 Å². The van der Waals surface area contributed by atoms with Crippen LogP contribution in [0.3, 0.4) is 0 Å². The molecule has 0 spiro atoms. The molecule has 5 aromatic rings. The molecule has 1 saturated heterocycles. The Morgan fingerprint density at radius 1 is 0.917 bits per heavy atom. The van der Waals surface area contributed by atoms with E-state index in [1.54, 1.807) is 25.6 Å². The van der Waals surface area contributed by atoms with Gasteiger partial charge in [0, 0.05) is 37.9 Å². The summed E-state index contributed by atoms with van der Waals surface area (Å²) in [6.07, 6.45) is 5.24. The molecule has 0 bridgehead atoms. The van der Waals surface area contributed by atoms with Crippen molar-refractivity contribution >= 4 is 22.8 Å². The average Bonchev–Trinajstić information content (AvgIpc) is 3.62. The summed E-state index contributed by atoms with van der Waals surface area (Å²) in [6.45, 7) is 2.48. The molecule has 1 aliphatic heterocycles. The van der Waals surface area contributed by atoms with Crippen LogP contribution in [0.15, 0.2) is 89.9 Å². The number of rotatable bonds is 5. The van der Waals surface area contributed by atoms with Crippen LogP contribution in [0.5, 0.6) is 5.75 Å². The van der Waals surface area contributed by atoms with Crippen molar-refractivity contribution in [2.24, 2.45) is 0 Å². The van der Waals surface area contributed by atoms with Gasteiger partial charge in [-0.3, -0.25) is 9.36 Å². The highest BCUT2D eigenvalue weighted by atomic mass is 16.5. The third-order valence-corrected chi connectivity index (χ3v) is 6.59. The van der Waals surface area contributed by atoms with E-state index in [-0.39, 0.29) is 5.91 Å². The molecule has 0 N–H and O–H groups in total. The fourth-order valence-electron chi connectivity index (χ4n) is 4.81. The van der Waals surface area contributed by atoms with Crippen LogP contribution < -0.4 is 9.64 Å². The van der Waals surface area contributed by atoms with Crippen molar-refractivity contribution in [1.29, 1.82) is 0 Å². The van der Waals surface area contributed by atoms with E-state index in [1.165, 1.54) is 6.26 Å². The van der Waals surface area contributed by atoms with Crippen molar-refractivity contribution in [1.82, 2.24) is 19.4 Å². The SMILES string of the molecule is COc1ccccc1-n1cc(-c2ccccc2)c2c(N3CCN(C(=O)c4ccco4)CC3)ncnc21. The summed E-state index contributed by atoms with van der Waals surface area (Å²) >= 11 is 0. The number of benzene rings is 2. The number of amides is 1. The molecule has 0 radical (unpaired) electrons. The van der Waals surface area contributed by atoms with Gasteiger partial charge in [0.15, 0.2) is 11.4 Å². The van der Waals surface area contributed by atoms with Crippen LogP contribution in [-0.2, 0) is 0 Å². The first-order chi connectivity index (χ1) is 17.7. The Morgan fingerprint density at radius 2 is 1.69 bits per heavy atom. The minimum atomic E-state index is -0.0835. The van der Waals surface area contributed by atoms with Gasteiger partial charge in [0.1, 0.15) is 17.9 Å². The molecule has 2 aromatic carbocycles. The van der Waals surface area contributed by atoms with Crippen LogP contribution in [0.25, 0.3) is 27.8 Å². The van der Waals surface area contributed by atoms with Gasteiger partial charge in [0.05, 0.1) is 24.4 Å². The number of anilines is 1. The lowest BCUT2D eigenvalue weighted by molar-refractivity contribution is 0.0714. The molecule has 0 unspecified atom stereocenters. The Bertz CT molecular complexity index is 1500. The Balaban J connectivity index is 1.43. The van der Waals surface area contributed by atoms with Gasteiger partial charge >= 0.3 is 0 Å². The van der Waals surface area contributed by atoms with Gasteiger partial charge in [0.25, 0.3) is 5.91 Å². The van der Waals surface area contributed by atoms with Crippen LogP contribution in [0, 0.1) is 0 Å². The second-order valence-electron chi connectivity index (χ2n) is 8.60. The van der Waals surface area contributed by atoms with E-state index >= 15 is 0 Å². The van der Waals surface area contributed by atoms with Gasteiger partial charge in [0.2, 0.25) is 0 Å². The second-order valence-corrected chi connectivity index (χ2v) is 8.60. The number of fused-ring (bicyclic) bond motifs is 1. The van der Waals surface area contributed by atoms with Crippen molar-refractivity contribution in [2.45, 2.75) is 0 Å². The number of carbonyl (C=O) groups is 1. The largest absolute Gasteiger partial charge is 0.495 e. The molecule has 4 heterocycles. The molecule has 6 rings (SSSR count). The van der Waals surface area contributed by atoms with Crippen LogP contribution >= 0.6 is 0 Å². The highest BCUT2D eigenvalue weighted by molar-refractivity contribution is 6.02. The first-order valence-corrected chi connectivity index (χ1v) is 11.9. The number of hydrogen-bond acceptors (Lipinski definition) is 6. The molecular formula is C28H25N5O3. The lowest BCUT2D eigenvalue weighted by Gasteiger charge is -2.35. The molecule has 0 atom stereocenters. The molecule has 8 nitrogen and oxygen atoms in total. The van der Waals surface area contributed by atoms with E-state index < -0.39 is 0 Å². The second kappa shape index (κ2) is 9.22. The van der Waals surface area contributed by atoms with Gasteiger partial charge in [-0.1, -0.05) is 42.5 Å². The molecule has 8 heteroatoms. The summed E-state index contributed by atoms with van der Waals surface area (Å²) in [4.78, 5) is 26.2. The number of aromatic nitrogens is 3. The van der Waals surface area contributed by atoms with E-state index in [2.05, 4.69) is 27.8 Å². The third-order valence-electron chi connectivity index (χ3n) is 6.59. The van der Waals surface area contributed by atoms with E-state index in [0.29, 0.717) is 31.9 Å². The molecular weight excluding hydrogens is 454 g/mol. The van der Waals surface area contributed by atoms with Gasteiger partial charge in [-0.05, 0) is 29.8 Å². The normalized spacial score (nSPS) is 13.8. The zero-order valence-corrected chi connectivity index (χ0v) is 19.9. The Kier molecular flexibility index (Phi) is 5.61. The van der Waals surface area contributed by atoms with Gasteiger partial charge in [-0.25, -0.2) is 9.97 Å². The average molecular weight is 480 g/mol. The number of piperazine rings is 1. The topological polar surface area (TPSA) is 76.6 Å². The third kappa shape index (κ3) is 3.76. The minimum absolute atomic E-state index is 0.0835. The first-order valence-electron chi connectivity index (χ1n) is 11.9. The van der Waals surface area contributed by atoms with E-state index in [9.17, 15) is 4.79 Å². The zero-order chi connectivity index (χ0) is 24.5. The number of ether oxygens (including phenoxy) is 1. The highest BCUT2D eigenvalue weighted by Gasteiger charge is 2.27. The Labute approximate surface area is 208 Å². The molecule has 1 amide bonds. The summed E-state index contributed by atoms with van der Waals surface area (Å²) in [5.74, 6) is 1.91. The van der Waals surface area contributed by atoms with Crippen molar-refractivity contribution in [3.05, 3.63) is 91.3 Å². The molecule has 1 fully saturated rings. The molecule has 3 aromatic heterocycles. The van der Waals surface area contributed by atoms with Gasteiger partial charge in [-0.15, -0.1) is 0 Å². The fraction of sp³-hybridized carbons (Fsp3) is 0.179. The fourth-order valence-corrected chi connectivity index (χ4v) is 4.81. The Hall–Kier alpha value is -4.59. The van der Waals surface area contributed by atoms with E-state index in [1.807, 2.05) is 47.4 Å². The highest BCUT2D eigenvalue weighted by Crippen LogP contribution is 2.38. The number of para-hydroxylation sites is 2. The summed E-state index contributed by atoms with van der Waals surface area (Å²) in [5, 5.41) is 0.973. The van der Waals surface area contributed by atoms with Crippen molar-refractivity contribution in [3.63, 3.8) is 0 Å². The maximum atomic E-state index is 12.7. The molecule has 1 aliphatic rings. The molecule has 0 aliphatic carbocycles. The number of methoxy groups -OCH3 is 1. The monoisotopic (exact) mass is 479 g/mol. The summed E-state index contributed by atoms with van der Waals surface area (Å²) < 4.78 is 13.0. The standard InChI is InChI=1S/C28H25N5O3/c1-35-23-11-6-5-10-22(23)33-18-21(20-8-3-2-4-9-20)25-26(29-19-30-27(25)33)31-13-15-32(16-14-31)28(34)24-12-7-17-36-24/h2-12,17-19H,13-16H2,1H3. The van der Waals surface area contributed by atoms with Crippen LogP contribution in [0.1, 0.15) is 10.6 Å². The first kappa shape index (κ1) is 21.9. The smallest absolute Gasteiger partial charge is 0.289 e. The predicted octanol–water partition coefficient (Wildman–Crippen LogP) is 4.65. The van der Waals surface area contributed by atoms with Crippen LogP contribution in [-0.4, -0.2) is 58.6 Å². The summed E-state index contributed by atoms with van der Waals surface area (Å²) in [7, 11) is 1.67. The van der Waals surface area contributed by atoms with Crippen molar-refractivity contribution in [3.8, 4) is 22.6 Å². The molecule has 36 heavy (non-hydrogen) atoms. The van der Waals surface area contributed by atoms with Gasteiger partial charge in [-0.2, -0.15) is 0 Å². The lowest BCUT2D eigenvalue weighted by atomic mass is 10.1. The number of carbonyl (C=O) groups excluding carboxylic acids is 1. The summed E-state index contributed by atoms with van der Waals surface area (Å²) in [5.41, 5.74) is 3.84. The van der Waals surface area contributed by atoms with E-state index in [4.69, 9.17) is 19.1 Å². The maximum Gasteiger partial charge on any atom is 0.289 e. The zero-order valence-electron chi connectivity index (χ0n) is 19.9. The number of nitrogens with zero attached hydrogens (tertiary/aromatic N) is 5.